The first-order valence-corrected chi connectivity index (χ1v) is 10.4. The Kier molecular flexibility index (Phi) is 5.19. The van der Waals surface area contributed by atoms with Crippen molar-refractivity contribution in [3.05, 3.63) is 11.7 Å². The molecular weight excluding hydrogens is 344 g/mol. The lowest BCUT2D eigenvalue weighted by molar-refractivity contribution is -0.134. The van der Waals surface area contributed by atoms with E-state index in [0.717, 1.165) is 24.8 Å². The standard InChI is InChI=1S/C20H30N4O3/c1-3-19-21-18(22-27-19)12-24(13(2)25)17-6-7-23(11-17)20(26)10-16-9-14-4-5-15(16)8-14/h14-17H,3-12H2,1-2H3/t14-,15-,16+,17-/m0/s1. The van der Waals surface area contributed by atoms with Gasteiger partial charge in [0.15, 0.2) is 5.82 Å². The smallest absolute Gasteiger partial charge is 0.226 e. The van der Waals surface area contributed by atoms with Crippen LogP contribution in [0.4, 0.5) is 0 Å². The van der Waals surface area contributed by atoms with E-state index in [1.54, 1.807) is 11.8 Å². The number of hydrogen-bond donors (Lipinski definition) is 0. The van der Waals surface area contributed by atoms with Crippen LogP contribution in [-0.2, 0) is 22.6 Å². The highest BCUT2D eigenvalue weighted by Gasteiger charge is 2.41. The normalized spacial score (nSPS) is 29.5. The third kappa shape index (κ3) is 3.87. The molecule has 1 aliphatic heterocycles. The van der Waals surface area contributed by atoms with Crippen molar-refractivity contribution in [1.29, 1.82) is 0 Å². The van der Waals surface area contributed by atoms with Crippen LogP contribution in [0.25, 0.3) is 0 Å². The number of amides is 2. The van der Waals surface area contributed by atoms with Crippen LogP contribution in [0.15, 0.2) is 4.52 Å². The molecule has 0 N–H and O–H groups in total. The van der Waals surface area contributed by atoms with E-state index in [-0.39, 0.29) is 17.9 Å². The molecule has 7 heteroatoms. The predicted molar refractivity (Wildman–Crippen MR) is 98.4 cm³/mol. The van der Waals surface area contributed by atoms with E-state index in [4.69, 9.17) is 4.52 Å². The van der Waals surface area contributed by atoms with Crippen LogP contribution in [0.5, 0.6) is 0 Å². The second-order valence-corrected chi connectivity index (χ2v) is 8.53. The molecule has 1 saturated heterocycles. The Morgan fingerprint density at radius 3 is 2.74 bits per heavy atom. The van der Waals surface area contributed by atoms with E-state index in [1.165, 1.54) is 25.7 Å². The molecule has 3 fully saturated rings. The van der Waals surface area contributed by atoms with Crippen LogP contribution in [0.2, 0.25) is 0 Å². The summed E-state index contributed by atoms with van der Waals surface area (Å²) in [7, 11) is 0. The van der Waals surface area contributed by atoms with Gasteiger partial charge in [0, 0.05) is 32.9 Å². The van der Waals surface area contributed by atoms with Crippen molar-refractivity contribution in [1.82, 2.24) is 19.9 Å². The summed E-state index contributed by atoms with van der Waals surface area (Å²) in [5.41, 5.74) is 0. The summed E-state index contributed by atoms with van der Waals surface area (Å²) >= 11 is 0. The topological polar surface area (TPSA) is 79.5 Å². The number of carbonyl (C=O) groups excluding carboxylic acids is 2. The number of nitrogens with zero attached hydrogens (tertiary/aromatic N) is 4. The molecule has 1 aromatic rings. The quantitative estimate of drug-likeness (QED) is 0.764. The van der Waals surface area contributed by atoms with Crippen LogP contribution >= 0.6 is 0 Å². The maximum atomic E-state index is 12.8. The van der Waals surface area contributed by atoms with Gasteiger partial charge in [-0.1, -0.05) is 18.5 Å². The van der Waals surface area contributed by atoms with Gasteiger partial charge in [0.25, 0.3) is 0 Å². The van der Waals surface area contributed by atoms with Gasteiger partial charge in [-0.3, -0.25) is 9.59 Å². The van der Waals surface area contributed by atoms with Crippen molar-refractivity contribution in [2.24, 2.45) is 17.8 Å². The molecule has 1 aromatic heterocycles. The molecule has 0 spiro atoms. The molecule has 7 nitrogen and oxygen atoms in total. The van der Waals surface area contributed by atoms with Crippen molar-refractivity contribution in [3.63, 3.8) is 0 Å². The van der Waals surface area contributed by atoms with Crippen LogP contribution in [0.3, 0.4) is 0 Å². The molecule has 2 saturated carbocycles. The monoisotopic (exact) mass is 374 g/mol. The first kappa shape index (κ1) is 18.4. The van der Waals surface area contributed by atoms with Crippen molar-refractivity contribution in [3.8, 4) is 0 Å². The Morgan fingerprint density at radius 2 is 2.11 bits per heavy atom. The van der Waals surface area contributed by atoms with Gasteiger partial charge >= 0.3 is 0 Å². The fourth-order valence-corrected chi connectivity index (χ4v) is 5.35. The molecule has 2 amide bonds. The van der Waals surface area contributed by atoms with E-state index < -0.39 is 0 Å². The zero-order valence-electron chi connectivity index (χ0n) is 16.4. The summed E-state index contributed by atoms with van der Waals surface area (Å²) in [4.78, 5) is 33.0. The summed E-state index contributed by atoms with van der Waals surface area (Å²) in [6.45, 7) is 5.23. The molecule has 2 heterocycles. The van der Waals surface area contributed by atoms with E-state index in [9.17, 15) is 9.59 Å². The Morgan fingerprint density at radius 1 is 1.26 bits per heavy atom. The van der Waals surface area contributed by atoms with Crippen LogP contribution in [-0.4, -0.2) is 50.9 Å². The number of hydrogen-bond acceptors (Lipinski definition) is 5. The number of rotatable bonds is 6. The third-order valence-electron chi connectivity index (χ3n) is 6.81. The van der Waals surface area contributed by atoms with Crippen LogP contribution in [0.1, 0.15) is 64.1 Å². The minimum atomic E-state index is -0.00903. The van der Waals surface area contributed by atoms with Gasteiger partial charge in [0.1, 0.15) is 0 Å². The zero-order chi connectivity index (χ0) is 19.0. The number of fused-ring (bicyclic) bond motifs is 2. The van der Waals surface area contributed by atoms with Gasteiger partial charge in [-0.15, -0.1) is 0 Å². The van der Waals surface area contributed by atoms with Crippen LogP contribution in [0, 0.1) is 17.8 Å². The highest BCUT2D eigenvalue weighted by Crippen LogP contribution is 2.49. The summed E-state index contributed by atoms with van der Waals surface area (Å²) in [6, 6.07) is 0.0371. The Balaban J connectivity index is 1.33. The van der Waals surface area contributed by atoms with Crippen molar-refractivity contribution < 1.29 is 14.1 Å². The van der Waals surface area contributed by atoms with Gasteiger partial charge in [0.2, 0.25) is 17.7 Å². The molecule has 0 unspecified atom stereocenters. The summed E-state index contributed by atoms with van der Waals surface area (Å²) in [5, 5.41) is 3.96. The lowest BCUT2D eigenvalue weighted by Crippen LogP contribution is -2.41. The Hall–Kier alpha value is -1.92. The Bertz CT molecular complexity index is 703. The minimum Gasteiger partial charge on any atom is -0.341 e. The average molecular weight is 374 g/mol. The lowest BCUT2D eigenvalue weighted by Gasteiger charge is -2.28. The van der Waals surface area contributed by atoms with Crippen molar-refractivity contribution >= 4 is 11.8 Å². The molecule has 4 rings (SSSR count). The Labute approximate surface area is 160 Å². The minimum absolute atomic E-state index is 0.00903. The highest BCUT2D eigenvalue weighted by molar-refractivity contribution is 5.77. The SMILES string of the molecule is CCc1nc(CN(C(C)=O)[C@H]2CCN(C(=O)C[C@H]3C[C@H]4CC[C@H]3C4)C2)no1. The fraction of sp³-hybridized carbons (Fsp3) is 0.800. The van der Waals surface area contributed by atoms with Crippen LogP contribution < -0.4 is 0 Å². The molecule has 4 atom stereocenters. The number of aromatic nitrogens is 2. The maximum Gasteiger partial charge on any atom is 0.226 e. The van der Waals surface area contributed by atoms with Gasteiger partial charge in [-0.25, -0.2) is 0 Å². The van der Waals surface area contributed by atoms with Crippen molar-refractivity contribution in [2.75, 3.05) is 13.1 Å². The third-order valence-corrected chi connectivity index (χ3v) is 6.81. The second kappa shape index (κ2) is 7.60. The lowest BCUT2D eigenvalue weighted by atomic mass is 9.86. The fourth-order valence-electron chi connectivity index (χ4n) is 5.35. The largest absolute Gasteiger partial charge is 0.341 e. The molecule has 27 heavy (non-hydrogen) atoms. The second-order valence-electron chi connectivity index (χ2n) is 8.53. The summed E-state index contributed by atoms with van der Waals surface area (Å²) in [6.07, 6.45) is 7.45. The first-order chi connectivity index (χ1) is 13.0. The average Bonchev–Trinajstić information content (AvgIpc) is 3.42. The number of carbonyl (C=O) groups is 2. The van der Waals surface area contributed by atoms with Crippen molar-refractivity contribution in [2.45, 2.75) is 71.4 Å². The number of likely N-dealkylation sites (tertiary alicyclic amines) is 1. The first-order valence-electron chi connectivity index (χ1n) is 10.4. The van der Waals surface area contributed by atoms with E-state index >= 15 is 0 Å². The van der Waals surface area contributed by atoms with Gasteiger partial charge in [-0.05, 0) is 43.4 Å². The van der Waals surface area contributed by atoms with Gasteiger partial charge < -0.3 is 14.3 Å². The molecule has 2 bridgehead atoms. The molecule has 0 aromatic carbocycles. The van der Waals surface area contributed by atoms with Gasteiger partial charge in [-0.2, -0.15) is 4.98 Å². The highest BCUT2D eigenvalue weighted by atomic mass is 16.5. The van der Waals surface area contributed by atoms with Gasteiger partial charge in [0.05, 0.1) is 12.6 Å². The zero-order valence-corrected chi connectivity index (χ0v) is 16.4. The summed E-state index contributed by atoms with van der Waals surface area (Å²) < 4.78 is 5.15. The van der Waals surface area contributed by atoms with E-state index in [1.807, 2.05) is 11.8 Å². The molecule has 0 radical (unpaired) electrons. The van der Waals surface area contributed by atoms with E-state index in [0.29, 0.717) is 43.6 Å². The summed E-state index contributed by atoms with van der Waals surface area (Å²) in [5.74, 6) is 3.62. The molecule has 148 valence electrons. The maximum absolute atomic E-state index is 12.8. The predicted octanol–water partition coefficient (Wildman–Crippen LogP) is 2.41. The molecular formula is C20H30N4O3. The number of aryl methyl sites for hydroxylation is 1. The molecule has 3 aliphatic rings. The van der Waals surface area contributed by atoms with E-state index in [2.05, 4.69) is 10.1 Å². The molecule has 2 aliphatic carbocycles.